The molecule has 0 saturated carbocycles. The third-order valence-corrected chi connectivity index (χ3v) is 1.74. The van der Waals surface area contributed by atoms with Crippen molar-refractivity contribution in [1.29, 1.82) is 0 Å². The molecule has 11 heavy (non-hydrogen) atoms. The van der Waals surface area contributed by atoms with Crippen LogP contribution in [0, 0.1) is 0 Å². The largest absolute Gasteiger partial charge is 0.383 e. The third kappa shape index (κ3) is 1.48. The molecular formula is C6H6BrN3O. The van der Waals surface area contributed by atoms with Crippen LogP contribution in [0.3, 0.4) is 0 Å². The summed E-state index contributed by atoms with van der Waals surface area (Å²) in [4.78, 5) is 14.4. The lowest BCUT2D eigenvalue weighted by Crippen LogP contribution is -2.19. The summed E-state index contributed by atoms with van der Waals surface area (Å²) in [5, 5.41) is 0. The molecule has 0 bridgehead atoms. The van der Waals surface area contributed by atoms with Crippen molar-refractivity contribution in [2.24, 2.45) is 0 Å². The molecule has 0 unspecified atom stereocenters. The summed E-state index contributed by atoms with van der Waals surface area (Å²) in [7, 11) is 0. The lowest BCUT2D eigenvalue weighted by Gasteiger charge is -1.98. The van der Waals surface area contributed by atoms with Gasteiger partial charge in [-0.1, -0.05) is 6.58 Å². The van der Waals surface area contributed by atoms with E-state index in [1.165, 1.54) is 17.0 Å². The monoisotopic (exact) mass is 215 g/mol. The van der Waals surface area contributed by atoms with Gasteiger partial charge in [-0.15, -0.1) is 0 Å². The maximum absolute atomic E-state index is 10.9. The highest BCUT2D eigenvalue weighted by molar-refractivity contribution is 9.10. The minimum atomic E-state index is -0.430. The third-order valence-electron chi connectivity index (χ3n) is 1.13. The van der Waals surface area contributed by atoms with E-state index < -0.39 is 5.69 Å². The van der Waals surface area contributed by atoms with Gasteiger partial charge in [0.1, 0.15) is 5.82 Å². The molecule has 0 spiro atoms. The second-order valence-electron chi connectivity index (χ2n) is 1.85. The van der Waals surface area contributed by atoms with Crippen molar-refractivity contribution >= 4 is 27.9 Å². The highest BCUT2D eigenvalue weighted by Gasteiger charge is 1.99. The van der Waals surface area contributed by atoms with Gasteiger partial charge >= 0.3 is 5.69 Å². The van der Waals surface area contributed by atoms with Crippen molar-refractivity contribution in [3.63, 3.8) is 0 Å². The molecule has 0 saturated heterocycles. The van der Waals surface area contributed by atoms with Crippen LogP contribution in [0.1, 0.15) is 0 Å². The minimum Gasteiger partial charge on any atom is -0.383 e. The van der Waals surface area contributed by atoms with Crippen LogP contribution in [0.5, 0.6) is 0 Å². The number of hydrogen-bond acceptors (Lipinski definition) is 3. The van der Waals surface area contributed by atoms with Gasteiger partial charge in [-0.2, -0.15) is 4.98 Å². The van der Waals surface area contributed by atoms with Crippen LogP contribution in [-0.4, -0.2) is 9.55 Å². The molecule has 0 aliphatic rings. The molecule has 1 heterocycles. The number of nitrogens with two attached hydrogens (primary N) is 1. The molecule has 1 rings (SSSR count). The summed E-state index contributed by atoms with van der Waals surface area (Å²) >= 11 is 3.13. The number of nitrogen functional groups attached to an aromatic ring is 1. The van der Waals surface area contributed by atoms with Gasteiger partial charge in [-0.05, 0) is 15.9 Å². The van der Waals surface area contributed by atoms with Crippen LogP contribution in [0.25, 0.3) is 6.20 Å². The molecule has 0 aromatic carbocycles. The fourth-order valence-electron chi connectivity index (χ4n) is 0.588. The van der Waals surface area contributed by atoms with Crippen LogP contribution >= 0.6 is 15.9 Å². The normalized spacial score (nSPS) is 9.55. The van der Waals surface area contributed by atoms with Crippen LogP contribution in [0.15, 0.2) is 22.0 Å². The fraction of sp³-hybridized carbons (Fsp3) is 0. The van der Waals surface area contributed by atoms with E-state index in [-0.39, 0.29) is 5.82 Å². The standard InChI is InChI=1S/C6H6BrN3O/c1-2-10-3-4(7)5(8)9-6(10)11/h2-3H,1H2,(H2,8,9,11). The second kappa shape index (κ2) is 2.87. The Morgan fingerprint density at radius 3 is 3.00 bits per heavy atom. The van der Waals surface area contributed by atoms with E-state index in [1.54, 1.807) is 0 Å². The minimum absolute atomic E-state index is 0.188. The van der Waals surface area contributed by atoms with Crippen molar-refractivity contribution in [1.82, 2.24) is 9.55 Å². The Morgan fingerprint density at radius 2 is 2.45 bits per heavy atom. The first-order valence-corrected chi connectivity index (χ1v) is 3.61. The molecule has 2 N–H and O–H groups in total. The SMILES string of the molecule is C=Cn1cc(Br)c(N)nc1=O. The molecule has 0 fully saturated rings. The second-order valence-corrected chi connectivity index (χ2v) is 2.70. The molecule has 0 atom stereocenters. The zero-order valence-corrected chi connectivity index (χ0v) is 7.21. The summed E-state index contributed by atoms with van der Waals surface area (Å²) in [6, 6.07) is 0. The van der Waals surface area contributed by atoms with E-state index in [0.717, 1.165) is 0 Å². The quantitative estimate of drug-likeness (QED) is 0.751. The Labute approximate surface area is 71.5 Å². The van der Waals surface area contributed by atoms with E-state index in [9.17, 15) is 4.79 Å². The number of rotatable bonds is 1. The first-order valence-electron chi connectivity index (χ1n) is 2.82. The molecular weight excluding hydrogens is 210 g/mol. The molecule has 0 aliphatic carbocycles. The topological polar surface area (TPSA) is 60.9 Å². The summed E-state index contributed by atoms with van der Waals surface area (Å²) < 4.78 is 1.82. The molecule has 4 nitrogen and oxygen atoms in total. The van der Waals surface area contributed by atoms with Gasteiger partial charge in [0.25, 0.3) is 0 Å². The highest BCUT2D eigenvalue weighted by atomic mass is 79.9. The Balaban J connectivity index is 3.44. The lowest BCUT2D eigenvalue weighted by atomic mass is 10.6. The zero-order valence-electron chi connectivity index (χ0n) is 5.62. The maximum atomic E-state index is 10.9. The summed E-state index contributed by atoms with van der Waals surface area (Å²) in [6.45, 7) is 3.42. The van der Waals surface area contributed by atoms with Crippen molar-refractivity contribution in [2.75, 3.05) is 5.73 Å². The Morgan fingerprint density at radius 1 is 1.82 bits per heavy atom. The number of aromatic nitrogens is 2. The number of nitrogens with zero attached hydrogens (tertiary/aromatic N) is 2. The van der Waals surface area contributed by atoms with Crippen LogP contribution < -0.4 is 11.4 Å². The van der Waals surface area contributed by atoms with E-state index in [0.29, 0.717) is 4.47 Å². The van der Waals surface area contributed by atoms with Gasteiger partial charge < -0.3 is 5.73 Å². The smallest absolute Gasteiger partial charge is 0.353 e. The van der Waals surface area contributed by atoms with Gasteiger partial charge in [-0.25, -0.2) is 4.79 Å². The predicted octanol–water partition coefficient (Wildman–Crippen LogP) is 0.689. The number of anilines is 1. The maximum Gasteiger partial charge on any atom is 0.353 e. The summed E-state index contributed by atoms with van der Waals surface area (Å²) in [6.07, 6.45) is 2.87. The summed E-state index contributed by atoms with van der Waals surface area (Å²) in [5.41, 5.74) is 4.91. The first kappa shape index (κ1) is 8.00. The zero-order chi connectivity index (χ0) is 8.43. The van der Waals surface area contributed by atoms with Crippen LogP contribution in [0.4, 0.5) is 5.82 Å². The molecule has 0 aliphatic heterocycles. The van der Waals surface area contributed by atoms with E-state index in [2.05, 4.69) is 27.5 Å². The molecule has 0 radical (unpaired) electrons. The van der Waals surface area contributed by atoms with Gasteiger partial charge in [0.05, 0.1) is 4.47 Å². The lowest BCUT2D eigenvalue weighted by molar-refractivity contribution is 0.961. The van der Waals surface area contributed by atoms with E-state index in [4.69, 9.17) is 5.73 Å². The molecule has 1 aromatic rings. The van der Waals surface area contributed by atoms with Crippen molar-refractivity contribution < 1.29 is 0 Å². The molecule has 58 valence electrons. The van der Waals surface area contributed by atoms with Gasteiger partial charge in [0.2, 0.25) is 0 Å². The van der Waals surface area contributed by atoms with Crippen molar-refractivity contribution in [3.8, 4) is 0 Å². The van der Waals surface area contributed by atoms with Gasteiger partial charge in [-0.3, -0.25) is 4.57 Å². The Kier molecular flexibility index (Phi) is 2.09. The van der Waals surface area contributed by atoms with Crippen LogP contribution in [0.2, 0.25) is 0 Å². The molecule has 1 aromatic heterocycles. The molecule has 5 heteroatoms. The average molecular weight is 216 g/mol. The van der Waals surface area contributed by atoms with Crippen LogP contribution in [-0.2, 0) is 0 Å². The average Bonchev–Trinajstić information content (AvgIpc) is 1.97. The molecule has 0 amide bonds. The van der Waals surface area contributed by atoms with Crippen molar-refractivity contribution in [3.05, 3.63) is 27.7 Å². The summed E-state index contributed by atoms with van der Waals surface area (Å²) in [5.74, 6) is 0.188. The van der Waals surface area contributed by atoms with Gasteiger partial charge in [0.15, 0.2) is 0 Å². The van der Waals surface area contributed by atoms with Gasteiger partial charge in [0, 0.05) is 12.4 Å². The number of hydrogen-bond donors (Lipinski definition) is 1. The van der Waals surface area contributed by atoms with E-state index >= 15 is 0 Å². The Hall–Kier alpha value is -1.10. The first-order chi connectivity index (χ1) is 5.15. The van der Waals surface area contributed by atoms with E-state index in [1.807, 2.05) is 0 Å². The van der Waals surface area contributed by atoms with Crippen molar-refractivity contribution in [2.45, 2.75) is 0 Å². The Bertz CT molecular complexity index is 344. The fourth-order valence-corrected chi connectivity index (χ4v) is 0.898. The predicted molar refractivity (Wildman–Crippen MR) is 47.0 cm³/mol. The highest BCUT2D eigenvalue weighted by Crippen LogP contribution is 2.12. The number of halogens is 1.